The summed E-state index contributed by atoms with van der Waals surface area (Å²) in [7, 11) is 0. The van der Waals surface area contributed by atoms with Gasteiger partial charge in [0.25, 0.3) is 0 Å². The molecule has 0 spiro atoms. The van der Waals surface area contributed by atoms with Crippen LogP contribution in [-0.2, 0) is 13.0 Å². The Morgan fingerprint density at radius 3 is 2.38 bits per heavy atom. The highest BCUT2D eigenvalue weighted by molar-refractivity contribution is 5.28. The molecule has 0 unspecified atom stereocenters. The van der Waals surface area contributed by atoms with Gasteiger partial charge in [-0.1, -0.05) is 37.3 Å². The summed E-state index contributed by atoms with van der Waals surface area (Å²) in [5.74, 6) is 0. The number of benzene rings is 1. The van der Waals surface area contributed by atoms with Gasteiger partial charge >= 0.3 is 0 Å². The number of aryl methyl sites for hydroxylation is 2. The van der Waals surface area contributed by atoms with Gasteiger partial charge in [0.15, 0.2) is 0 Å². The van der Waals surface area contributed by atoms with Crippen LogP contribution >= 0.6 is 0 Å². The smallest absolute Gasteiger partial charge is 0.0475 e. The molecule has 0 aliphatic heterocycles. The minimum absolute atomic E-state index is 0.990. The summed E-state index contributed by atoms with van der Waals surface area (Å²) in [5.41, 5.74) is 5.60. The fourth-order valence-electron chi connectivity index (χ4n) is 2.36. The molecule has 2 aromatic rings. The first kappa shape index (κ1) is 11.0. The van der Waals surface area contributed by atoms with Crippen LogP contribution in [0.5, 0.6) is 0 Å². The Kier molecular flexibility index (Phi) is 3.14. The molecular weight excluding hydrogens is 194 g/mol. The number of rotatable bonds is 3. The van der Waals surface area contributed by atoms with Crippen molar-refractivity contribution >= 4 is 0 Å². The Morgan fingerprint density at radius 1 is 1.06 bits per heavy atom. The molecule has 1 heterocycles. The summed E-state index contributed by atoms with van der Waals surface area (Å²) in [5, 5.41) is 0. The number of aromatic nitrogens is 1. The molecule has 0 atom stereocenters. The third-order valence-corrected chi connectivity index (χ3v) is 3.15. The fraction of sp³-hybridized carbons (Fsp3) is 0.333. The quantitative estimate of drug-likeness (QED) is 0.732. The summed E-state index contributed by atoms with van der Waals surface area (Å²) < 4.78 is 2.42. The maximum atomic E-state index is 2.42. The molecule has 1 aromatic heterocycles. The first-order chi connectivity index (χ1) is 7.72. The van der Waals surface area contributed by atoms with E-state index in [1.807, 2.05) is 0 Å². The van der Waals surface area contributed by atoms with Crippen molar-refractivity contribution in [3.05, 3.63) is 58.9 Å². The van der Waals surface area contributed by atoms with Gasteiger partial charge in [0.1, 0.15) is 0 Å². The van der Waals surface area contributed by atoms with E-state index in [0.717, 1.165) is 13.0 Å². The summed E-state index contributed by atoms with van der Waals surface area (Å²) in [6.45, 7) is 7.61. The maximum absolute atomic E-state index is 2.42. The zero-order chi connectivity index (χ0) is 11.5. The second kappa shape index (κ2) is 4.56. The molecule has 1 nitrogen and oxygen atoms in total. The highest BCUT2D eigenvalue weighted by atomic mass is 15.0. The van der Waals surface area contributed by atoms with Crippen LogP contribution < -0.4 is 0 Å². The topological polar surface area (TPSA) is 4.93 Å². The zero-order valence-electron chi connectivity index (χ0n) is 10.3. The lowest BCUT2D eigenvalue weighted by atomic mass is 10.2. The zero-order valence-corrected chi connectivity index (χ0v) is 10.3. The van der Waals surface area contributed by atoms with Crippen LogP contribution in [0.3, 0.4) is 0 Å². The summed E-state index contributed by atoms with van der Waals surface area (Å²) in [4.78, 5) is 0. The van der Waals surface area contributed by atoms with Crippen molar-refractivity contribution in [1.29, 1.82) is 0 Å². The average molecular weight is 213 g/mol. The summed E-state index contributed by atoms with van der Waals surface area (Å²) in [6, 6.07) is 12.9. The van der Waals surface area contributed by atoms with Crippen LogP contribution in [0, 0.1) is 13.8 Å². The average Bonchev–Trinajstić information content (AvgIpc) is 2.55. The van der Waals surface area contributed by atoms with Crippen molar-refractivity contribution in [2.75, 3.05) is 0 Å². The van der Waals surface area contributed by atoms with Crippen LogP contribution in [-0.4, -0.2) is 4.57 Å². The SMILES string of the molecule is CCc1c(C)cc(C)n1Cc1ccccc1. The minimum Gasteiger partial charge on any atom is -0.344 e. The standard InChI is InChI=1S/C15H19N/c1-4-15-12(2)10-13(3)16(15)11-14-8-6-5-7-9-14/h5-10H,4,11H2,1-3H3. The monoisotopic (exact) mass is 213 g/mol. The van der Waals surface area contributed by atoms with E-state index in [4.69, 9.17) is 0 Å². The Morgan fingerprint density at radius 2 is 1.75 bits per heavy atom. The van der Waals surface area contributed by atoms with E-state index < -0.39 is 0 Å². The lowest BCUT2D eigenvalue weighted by Crippen LogP contribution is -2.05. The Labute approximate surface area is 97.7 Å². The molecule has 1 heteroatoms. The van der Waals surface area contributed by atoms with E-state index in [1.54, 1.807) is 0 Å². The lowest BCUT2D eigenvalue weighted by Gasteiger charge is -2.11. The number of hydrogen-bond acceptors (Lipinski definition) is 0. The van der Waals surface area contributed by atoms with Crippen molar-refractivity contribution in [2.24, 2.45) is 0 Å². The van der Waals surface area contributed by atoms with E-state index in [2.05, 4.69) is 61.7 Å². The number of nitrogens with zero attached hydrogens (tertiary/aromatic N) is 1. The molecule has 0 radical (unpaired) electrons. The molecule has 0 amide bonds. The van der Waals surface area contributed by atoms with Crippen LogP contribution in [0.25, 0.3) is 0 Å². The van der Waals surface area contributed by atoms with Crippen LogP contribution in [0.15, 0.2) is 36.4 Å². The van der Waals surface area contributed by atoms with Gasteiger partial charge in [-0.25, -0.2) is 0 Å². The fourth-order valence-corrected chi connectivity index (χ4v) is 2.36. The Balaban J connectivity index is 2.34. The summed E-state index contributed by atoms with van der Waals surface area (Å²) in [6.07, 6.45) is 1.10. The molecule has 84 valence electrons. The van der Waals surface area contributed by atoms with Gasteiger partial charge in [-0.3, -0.25) is 0 Å². The molecular formula is C15H19N. The molecule has 0 saturated heterocycles. The van der Waals surface area contributed by atoms with Crippen molar-refractivity contribution in [1.82, 2.24) is 4.57 Å². The van der Waals surface area contributed by atoms with Crippen LogP contribution in [0.2, 0.25) is 0 Å². The second-order valence-corrected chi connectivity index (χ2v) is 4.34. The van der Waals surface area contributed by atoms with Gasteiger partial charge in [-0.2, -0.15) is 0 Å². The predicted molar refractivity (Wildman–Crippen MR) is 68.8 cm³/mol. The largest absolute Gasteiger partial charge is 0.344 e. The van der Waals surface area contributed by atoms with E-state index in [1.165, 1.54) is 22.5 Å². The third-order valence-electron chi connectivity index (χ3n) is 3.15. The predicted octanol–water partition coefficient (Wildman–Crippen LogP) is 3.72. The summed E-state index contributed by atoms with van der Waals surface area (Å²) >= 11 is 0. The van der Waals surface area contributed by atoms with Gasteiger partial charge in [0, 0.05) is 17.9 Å². The van der Waals surface area contributed by atoms with Crippen molar-refractivity contribution in [3.63, 3.8) is 0 Å². The molecule has 0 saturated carbocycles. The van der Waals surface area contributed by atoms with Crippen molar-refractivity contribution in [3.8, 4) is 0 Å². The lowest BCUT2D eigenvalue weighted by molar-refractivity contribution is 0.724. The first-order valence-corrected chi connectivity index (χ1v) is 5.92. The molecule has 0 aliphatic rings. The highest BCUT2D eigenvalue weighted by Gasteiger charge is 2.07. The van der Waals surface area contributed by atoms with E-state index >= 15 is 0 Å². The maximum Gasteiger partial charge on any atom is 0.0475 e. The van der Waals surface area contributed by atoms with Crippen molar-refractivity contribution in [2.45, 2.75) is 33.7 Å². The van der Waals surface area contributed by atoms with E-state index in [-0.39, 0.29) is 0 Å². The Hall–Kier alpha value is -1.50. The Bertz CT molecular complexity index is 466. The molecule has 1 aromatic carbocycles. The number of hydrogen-bond donors (Lipinski definition) is 0. The van der Waals surface area contributed by atoms with Crippen molar-refractivity contribution < 1.29 is 0 Å². The third kappa shape index (κ3) is 2.04. The molecule has 0 aliphatic carbocycles. The van der Waals surface area contributed by atoms with Gasteiger partial charge in [0.05, 0.1) is 0 Å². The molecule has 0 N–H and O–H groups in total. The molecule has 0 fully saturated rings. The van der Waals surface area contributed by atoms with Gasteiger partial charge < -0.3 is 4.57 Å². The van der Waals surface area contributed by atoms with Gasteiger partial charge in [0.2, 0.25) is 0 Å². The van der Waals surface area contributed by atoms with E-state index in [9.17, 15) is 0 Å². The van der Waals surface area contributed by atoms with Gasteiger partial charge in [-0.15, -0.1) is 0 Å². The second-order valence-electron chi connectivity index (χ2n) is 4.34. The normalized spacial score (nSPS) is 10.7. The highest BCUT2D eigenvalue weighted by Crippen LogP contribution is 2.17. The minimum atomic E-state index is 0.990. The van der Waals surface area contributed by atoms with E-state index in [0.29, 0.717) is 0 Å². The molecule has 0 bridgehead atoms. The van der Waals surface area contributed by atoms with Crippen LogP contribution in [0.4, 0.5) is 0 Å². The molecule has 16 heavy (non-hydrogen) atoms. The van der Waals surface area contributed by atoms with Crippen LogP contribution in [0.1, 0.15) is 29.4 Å². The molecule has 2 rings (SSSR count). The first-order valence-electron chi connectivity index (χ1n) is 5.92. The van der Waals surface area contributed by atoms with Gasteiger partial charge in [-0.05, 0) is 37.5 Å².